The van der Waals surface area contributed by atoms with E-state index in [1.165, 1.54) is 0 Å². The molecule has 7 heteroatoms. The van der Waals surface area contributed by atoms with Gasteiger partial charge < -0.3 is 14.4 Å². The Hall–Kier alpha value is -3.77. The van der Waals surface area contributed by atoms with Gasteiger partial charge >= 0.3 is 0 Å². The van der Waals surface area contributed by atoms with Gasteiger partial charge in [-0.2, -0.15) is 5.10 Å². The van der Waals surface area contributed by atoms with E-state index in [0.717, 1.165) is 22.5 Å². The van der Waals surface area contributed by atoms with E-state index >= 15 is 0 Å². The molecule has 0 radical (unpaired) electrons. The van der Waals surface area contributed by atoms with Crippen LogP contribution in [0, 0.1) is 0 Å². The molecule has 6 nitrogen and oxygen atoms in total. The maximum absolute atomic E-state index is 13.5. The molecule has 0 aliphatic rings. The molecular formula is C27H26ClN3O3. The first-order valence-electron chi connectivity index (χ1n) is 10.9. The number of likely N-dealkylation sites (N-methyl/N-ethyl adjacent to an activating group) is 1. The Bertz CT molecular complexity index is 1290. The average molecular weight is 476 g/mol. The third-order valence-electron chi connectivity index (χ3n) is 5.58. The van der Waals surface area contributed by atoms with Gasteiger partial charge in [-0.15, -0.1) is 0 Å². The number of nitrogens with zero attached hydrogens (tertiary/aromatic N) is 3. The molecule has 0 saturated heterocycles. The molecule has 0 fully saturated rings. The average Bonchev–Trinajstić information content (AvgIpc) is 3.32. The SMILES string of the molecule is COc1ccc(CCN(C)C(=O)c2cc(-c3ccccc3)nn2-c2cccc(Cl)c2)cc1OC. The fraction of sp³-hybridized carbons (Fsp3) is 0.185. The summed E-state index contributed by atoms with van der Waals surface area (Å²) in [5.74, 6) is 1.21. The second kappa shape index (κ2) is 10.4. The molecule has 0 atom stereocenters. The predicted molar refractivity (Wildman–Crippen MR) is 134 cm³/mol. The number of carbonyl (C=O) groups excluding carboxylic acids is 1. The van der Waals surface area contributed by atoms with E-state index in [4.69, 9.17) is 26.2 Å². The molecular weight excluding hydrogens is 450 g/mol. The smallest absolute Gasteiger partial charge is 0.272 e. The van der Waals surface area contributed by atoms with E-state index in [0.29, 0.717) is 35.2 Å². The van der Waals surface area contributed by atoms with E-state index in [-0.39, 0.29) is 5.91 Å². The van der Waals surface area contributed by atoms with Crippen molar-refractivity contribution in [2.45, 2.75) is 6.42 Å². The highest BCUT2D eigenvalue weighted by molar-refractivity contribution is 6.30. The molecule has 0 aliphatic carbocycles. The van der Waals surface area contributed by atoms with Gasteiger partial charge in [0.15, 0.2) is 11.5 Å². The second-order valence-electron chi connectivity index (χ2n) is 7.84. The highest BCUT2D eigenvalue weighted by atomic mass is 35.5. The van der Waals surface area contributed by atoms with Crippen LogP contribution >= 0.6 is 11.6 Å². The lowest BCUT2D eigenvalue weighted by Gasteiger charge is -2.18. The maximum Gasteiger partial charge on any atom is 0.272 e. The van der Waals surface area contributed by atoms with Crippen molar-refractivity contribution >= 4 is 17.5 Å². The van der Waals surface area contributed by atoms with Crippen molar-refractivity contribution in [2.75, 3.05) is 27.8 Å². The lowest BCUT2D eigenvalue weighted by atomic mass is 10.1. The van der Waals surface area contributed by atoms with E-state index in [1.54, 1.807) is 43.0 Å². The first-order chi connectivity index (χ1) is 16.5. The van der Waals surface area contributed by atoms with Gasteiger partial charge in [0.2, 0.25) is 0 Å². The van der Waals surface area contributed by atoms with Gasteiger partial charge in [-0.3, -0.25) is 4.79 Å². The summed E-state index contributed by atoms with van der Waals surface area (Å²) in [6.07, 6.45) is 0.666. The van der Waals surface area contributed by atoms with Gasteiger partial charge in [0.1, 0.15) is 5.69 Å². The number of hydrogen-bond acceptors (Lipinski definition) is 4. The lowest BCUT2D eigenvalue weighted by molar-refractivity contribution is 0.0787. The molecule has 0 saturated carbocycles. The molecule has 0 N–H and O–H groups in total. The number of aromatic nitrogens is 2. The van der Waals surface area contributed by atoms with Crippen LogP contribution in [0.1, 0.15) is 16.1 Å². The Morgan fingerprint density at radius 1 is 0.941 bits per heavy atom. The monoisotopic (exact) mass is 475 g/mol. The standard InChI is InChI=1S/C27H26ClN3O3/c1-30(15-14-19-12-13-25(33-2)26(16-19)34-3)27(32)24-18-23(20-8-5-4-6-9-20)29-31(24)22-11-7-10-21(28)17-22/h4-13,16-18H,14-15H2,1-3H3. The molecule has 4 rings (SSSR count). The second-order valence-corrected chi connectivity index (χ2v) is 8.27. The fourth-order valence-corrected chi connectivity index (χ4v) is 3.90. The summed E-state index contributed by atoms with van der Waals surface area (Å²) in [6.45, 7) is 0.524. The summed E-state index contributed by atoms with van der Waals surface area (Å²) in [5.41, 5.74) is 3.90. The van der Waals surface area contributed by atoms with Crippen molar-refractivity contribution in [2.24, 2.45) is 0 Å². The van der Waals surface area contributed by atoms with Crippen LogP contribution in [0.2, 0.25) is 5.02 Å². The number of rotatable bonds is 8. The summed E-state index contributed by atoms with van der Waals surface area (Å²) in [4.78, 5) is 15.2. The molecule has 1 heterocycles. The number of methoxy groups -OCH3 is 2. The van der Waals surface area contributed by atoms with Crippen molar-refractivity contribution in [1.29, 1.82) is 0 Å². The predicted octanol–water partition coefficient (Wildman–Crippen LogP) is 5.52. The largest absolute Gasteiger partial charge is 0.493 e. The van der Waals surface area contributed by atoms with Crippen LogP contribution in [0.25, 0.3) is 16.9 Å². The summed E-state index contributed by atoms with van der Waals surface area (Å²) >= 11 is 6.22. The first-order valence-corrected chi connectivity index (χ1v) is 11.3. The normalized spacial score (nSPS) is 10.7. The van der Waals surface area contributed by atoms with Crippen molar-refractivity contribution in [1.82, 2.24) is 14.7 Å². The molecule has 4 aromatic rings. The van der Waals surface area contributed by atoms with Crippen molar-refractivity contribution in [3.05, 3.63) is 95.1 Å². The molecule has 0 unspecified atom stereocenters. The topological polar surface area (TPSA) is 56.6 Å². The zero-order chi connectivity index (χ0) is 24.1. The molecule has 174 valence electrons. The molecule has 0 bridgehead atoms. The zero-order valence-electron chi connectivity index (χ0n) is 19.4. The highest BCUT2D eigenvalue weighted by Gasteiger charge is 2.21. The van der Waals surface area contributed by atoms with Crippen LogP contribution in [0.4, 0.5) is 0 Å². The Labute approximate surface area is 204 Å². The van der Waals surface area contributed by atoms with Crippen molar-refractivity contribution < 1.29 is 14.3 Å². The van der Waals surface area contributed by atoms with Gasteiger partial charge in [0, 0.05) is 24.2 Å². The maximum atomic E-state index is 13.5. The van der Waals surface area contributed by atoms with Crippen LogP contribution in [0.15, 0.2) is 78.9 Å². The minimum atomic E-state index is -0.130. The summed E-state index contributed by atoms with van der Waals surface area (Å²) < 4.78 is 12.4. The minimum Gasteiger partial charge on any atom is -0.493 e. The van der Waals surface area contributed by atoms with E-state index in [1.807, 2.05) is 66.7 Å². The Morgan fingerprint density at radius 3 is 2.41 bits per heavy atom. The van der Waals surface area contributed by atoms with Crippen molar-refractivity contribution in [3.8, 4) is 28.4 Å². The third kappa shape index (κ3) is 5.07. The fourth-order valence-electron chi connectivity index (χ4n) is 3.72. The Morgan fingerprint density at radius 2 is 1.71 bits per heavy atom. The Balaban J connectivity index is 1.60. The Kier molecular flexibility index (Phi) is 7.18. The molecule has 0 spiro atoms. The van der Waals surface area contributed by atoms with E-state index < -0.39 is 0 Å². The van der Waals surface area contributed by atoms with Crippen LogP contribution in [0.3, 0.4) is 0 Å². The van der Waals surface area contributed by atoms with Gasteiger partial charge in [0.05, 0.1) is 25.6 Å². The number of hydrogen-bond donors (Lipinski definition) is 0. The quantitative estimate of drug-likeness (QED) is 0.336. The molecule has 1 aromatic heterocycles. The van der Waals surface area contributed by atoms with Crippen molar-refractivity contribution in [3.63, 3.8) is 0 Å². The number of halogens is 1. The van der Waals surface area contributed by atoms with Gasteiger partial charge in [0.25, 0.3) is 5.91 Å². The van der Waals surface area contributed by atoms with E-state index in [2.05, 4.69) is 0 Å². The first kappa shape index (κ1) is 23.4. The number of carbonyl (C=O) groups is 1. The summed E-state index contributed by atoms with van der Waals surface area (Å²) in [7, 11) is 5.01. The highest BCUT2D eigenvalue weighted by Crippen LogP contribution is 2.28. The number of ether oxygens (including phenoxy) is 2. The van der Waals surface area contributed by atoms with Crippen LogP contribution in [-0.4, -0.2) is 48.4 Å². The zero-order valence-corrected chi connectivity index (χ0v) is 20.1. The molecule has 0 aliphatic heterocycles. The van der Waals surface area contributed by atoms with Crippen LogP contribution in [-0.2, 0) is 6.42 Å². The number of amides is 1. The van der Waals surface area contributed by atoms with Gasteiger partial charge in [-0.1, -0.05) is 54.1 Å². The van der Waals surface area contributed by atoms with Gasteiger partial charge in [-0.05, 0) is 48.4 Å². The van der Waals surface area contributed by atoms with E-state index in [9.17, 15) is 4.79 Å². The third-order valence-corrected chi connectivity index (χ3v) is 5.82. The minimum absolute atomic E-state index is 0.130. The summed E-state index contributed by atoms with van der Waals surface area (Å²) in [6, 6.07) is 24.7. The molecule has 3 aromatic carbocycles. The van der Waals surface area contributed by atoms with Gasteiger partial charge in [-0.25, -0.2) is 4.68 Å². The lowest BCUT2D eigenvalue weighted by Crippen LogP contribution is -2.30. The molecule has 34 heavy (non-hydrogen) atoms. The van der Waals surface area contributed by atoms with Crippen LogP contribution < -0.4 is 9.47 Å². The number of benzene rings is 3. The van der Waals surface area contributed by atoms with Crippen LogP contribution in [0.5, 0.6) is 11.5 Å². The summed E-state index contributed by atoms with van der Waals surface area (Å²) in [5, 5.41) is 5.31. The molecule has 1 amide bonds.